The molecule has 1 rings (SSSR count). The third kappa shape index (κ3) is 2.32. The minimum atomic E-state index is -1.03. The van der Waals surface area contributed by atoms with Crippen molar-refractivity contribution in [3.05, 3.63) is 0 Å². The second kappa shape index (κ2) is 4.51. The van der Waals surface area contributed by atoms with Crippen molar-refractivity contribution in [3.63, 3.8) is 0 Å². The molecule has 0 aromatic rings. The molecule has 3 heteroatoms. The summed E-state index contributed by atoms with van der Waals surface area (Å²) in [7, 11) is 1.56. The SMILES string of the molecule is COCC(C)(O)C1(C#N)CCC(C)CC1. The molecular weight excluding hydrogens is 190 g/mol. The van der Waals surface area contributed by atoms with Gasteiger partial charge in [-0.25, -0.2) is 0 Å². The number of rotatable bonds is 3. The highest BCUT2D eigenvalue weighted by Crippen LogP contribution is 2.46. The van der Waals surface area contributed by atoms with Crippen molar-refractivity contribution in [1.29, 1.82) is 5.26 Å². The summed E-state index contributed by atoms with van der Waals surface area (Å²) in [6.07, 6.45) is 3.60. The van der Waals surface area contributed by atoms with Gasteiger partial charge in [0.1, 0.15) is 5.60 Å². The Kier molecular flexibility index (Phi) is 3.75. The molecule has 1 atom stereocenters. The van der Waals surface area contributed by atoms with E-state index in [-0.39, 0.29) is 6.61 Å². The van der Waals surface area contributed by atoms with E-state index in [0.717, 1.165) is 25.7 Å². The second-order valence-corrected chi connectivity index (χ2v) is 5.08. The lowest BCUT2D eigenvalue weighted by Crippen LogP contribution is -2.50. The Bertz CT molecular complexity index is 247. The summed E-state index contributed by atoms with van der Waals surface area (Å²) in [5, 5.41) is 19.7. The number of hydrogen-bond acceptors (Lipinski definition) is 3. The first-order valence-corrected chi connectivity index (χ1v) is 5.60. The summed E-state index contributed by atoms with van der Waals surface area (Å²) in [5.74, 6) is 0.671. The van der Waals surface area contributed by atoms with E-state index < -0.39 is 11.0 Å². The van der Waals surface area contributed by atoms with Crippen molar-refractivity contribution >= 4 is 0 Å². The Morgan fingerprint density at radius 2 is 2.07 bits per heavy atom. The predicted molar refractivity (Wildman–Crippen MR) is 58.2 cm³/mol. The molecule has 1 saturated carbocycles. The van der Waals surface area contributed by atoms with Crippen LogP contribution in [0.5, 0.6) is 0 Å². The number of aliphatic hydroxyl groups is 1. The quantitative estimate of drug-likeness (QED) is 0.777. The van der Waals surface area contributed by atoms with E-state index in [4.69, 9.17) is 4.74 Å². The van der Waals surface area contributed by atoms with Crippen LogP contribution in [0.1, 0.15) is 39.5 Å². The van der Waals surface area contributed by atoms with Gasteiger partial charge in [-0.2, -0.15) is 5.26 Å². The molecule has 1 unspecified atom stereocenters. The molecule has 0 aromatic heterocycles. The molecule has 1 N–H and O–H groups in total. The van der Waals surface area contributed by atoms with Crippen molar-refractivity contribution in [1.82, 2.24) is 0 Å². The van der Waals surface area contributed by atoms with Gasteiger partial charge in [0.05, 0.1) is 18.1 Å². The van der Waals surface area contributed by atoms with Gasteiger partial charge in [0.2, 0.25) is 0 Å². The Morgan fingerprint density at radius 1 is 1.53 bits per heavy atom. The maximum absolute atomic E-state index is 10.3. The molecule has 0 spiro atoms. The number of methoxy groups -OCH3 is 1. The predicted octanol–water partition coefficient (Wildman–Crippen LogP) is 2.10. The zero-order chi connectivity index (χ0) is 11.5. The van der Waals surface area contributed by atoms with Crippen molar-refractivity contribution in [3.8, 4) is 6.07 Å². The average molecular weight is 211 g/mol. The lowest BCUT2D eigenvalue weighted by molar-refractivity contribution is -0.105. The largest absolute Gasteiger partial charge is 0.386 e. The molecule has 15 heavy (non-hydrogen) atoms. The van der Waals surface area contributed by atoms with Crippen LogP contribution in [0.2, 0.25) is 0 Å². The van der Waals surface area contributed by atoms with Gasteiger partial charge in [0, 0.05) is 7.11 Å². The van der Waals surface area contributed by atoms with Gasteiger partial charge in [0.15, 0.2) is 0 Å². The fourth-order valence-electron chi connectivity index (χ4n) is 2.44. The molecule has 1 aliphatic carbocycles. The zero-order valence-electron chi connectivity index (χ0n) is 9.92. The van der Waals surface area contributed by atoms with Gasteiger partial charge in [0.25, 0.3) is 0 Å². The first-order valence-electron chi connectivity index (χ1n) is 5.60. The Hall–Kier alpha value is -0.590. The van der Waals surface area contributed by atoms with Crippen molar-refractivity contribution < 1.29 is 9.84 Å². The molecule has 0 aromatic carbocycles. The smallest absolute Gasteiger partial charge is 0.104 e. The Labute approximate surface area is 92.0 Å². The summed E-state index contributed by atoms with van der Waals surface area (Å²) < 4.78 is 5.01. The third-order valence-corrected chi connectivity index (χ3v) is 3.80. The molecule has 0 bridgehead atoms. The number of ether oxygens (including phenoxy) is 1. The van der Waals surface area contributed by atoms with E-state index in [9.17, 15) is 10.4 Å². The second-order valence-electron chi connectivity index (χ2n) is 5.08. The average Bonchev–Trinajstić information content (AvgIpc) is 2.19. The highest BCUT2D eigenvalue weighted by atomic mass is 16.5. The van der Waals surface area contributed by atoms with E-state index in [0.29, 0.717) is 5.92 Å². The molecular formula is C12H21NO2. The van der Waals surface area contributed by atoms with Gasteiger partial charge in [-0.15, -0.1) is 0 Å². The van der Waals surface area contributed by atoms with Crippen molar-refractivity contribution in [2.75, 3.05) is 13.7 Å². The highest BCUT2D eigenvalue weighted by Gasteiger charge is 2.49. The molecule has 86 valence electrons. The van der Waals surface area contributed by atoms with Crippen LogP contribution in [0.25, 0.3) is 0 Å². The van der Waals surface area contributed by atoms with Gasteiger partial charge >= 0.3 is 0 Å². The molecule has 0 saturated heterocycles. The van der Waals surface area contributed by atoms with Crippen LogP contribution in [-0.4, -0.2) is 24.4 Å². The van der Waals surface area contributed by atoms with Crippen molar-refractivity contribution in [2.24, 2.45) is 11.3 Å². The fourth-order valence-corrected chi connectivity index (χ4v) is 2.44. The van der Waals surface area contributed by atoms with E-state index in [1.54, 1.807) is 14.0 Å². The van der Waals surface area contributed by atoms with Crippen LogP contribution in [0.15, 0.2) is 0 Å². The number of nitrogens with zero attached hydrogens (tertiary/aromatic N) is 1. The van der Waals surface area contributed by atoms with E-state index >= 15 is 0 Å². The normalized spacial score (nSPS) is 35.5. The Balaban J connectivity index is 2.82. The summed E-state index contributed by atoms with van der Waals surface area (Å²) in [4.78, 5) is 0. The Morgan fingerprint density at radius 3 is 2.47 bits per heavy atom. The fraction of sp³-hybridized carbons (Fsp3) is 0.917. The molecule has 1 aliphatic rings. The van der Waals surface area contributed by atoms with Crippen LogP contribution >= 0.6 is 0 Å². The topological polar surface area (TPSA) is 53.2 Å². The van der Waals surface area contributed by atoms with E-state index in [1.807, 2.05) is 0 Å². The molecule has 0 aliphatic heterocycles. The lowest BCUT2D eigenvalue weighted by atomic mass is 9.63. The monoisotopic (exact) mass is 211 g/mol. The summed E-state index contributed by atoms with van der Waals surface area (Å²) in [6.45, 7) is 4.15. The number of nitriles is 1. The molecule has 3 nitrogen and oxygen atoms in total. The molecule has 0 amide bonds. The number of hydrogen-bond donors (Lipinski definition) is 1. The van der Waals surface area contributed by atoms with Crippen LogP contribution in [0.3, 0.4) is 0 Å². The third-order valence-electron chi connectivity index (χ3n) is 3.80. The summed E-state index contributed by atoms with van der Waals surface area (Å²) in [6, 6.07) is 2.33. The minimum Gasteiger partial charge on any atom is -0.386 e. The van der Waals surface area contributed by atoms with Gasteiger partial charge < -0.3 is 9.84 Å². The van der Waals surface area contributed by atoms with Crippen LogP contribution < -0.4 is 0 Å². The first-order chi connectivity index (χ1) is 6.97. The van der Waals surface area contributed by atoms with Gasteiger partial charge in [-0.05, 0) is 38.5 Å². The maximum Gasteiger partial charge on any atom is 0.104 e. The standard InChI is InChI=1S/C12H21NO2/c1-10-4-6-12(8-13,7-5-10)11(2,14)9-15-3/h10,14H,4-7,9H2,1-3H3. The molecule has 0 radical (unpaired) electrons. The van der Waals surface area contributed by atoms with Crippen LogP contribution in [0.4, 0.5) is 0 Å². The highest BCUT2D eigenvalue weighted by molar-refractivity contribution is 5.11. The molecule has 1 fully saturated rings. The summed E-state index contributed by atoms with van der Waals surface area (Å²) in [5.41, 5.74) is -1.65. The van der Waals surface area contributed by atoms with Crippen molar-refractivity contribution in [2.45, 2.75) is 45.1 Å². The van der Waals surface area contributed by atoms with E-state index in [1.165, 1.54) is 0 Å². The van der Waals surface area contributed by atoms with Gasteiger partial charge in [-0.1, -0.05) is 6.92 Å². The van der Waals surface area contributed by atoms with Crippen LogP contribution in [0, 0.1) is 22.7 Å². The van der Waals surface area contributed by atoms with Gasteiger partial charge in [-0.3, -0.25) is 0 Å². The molecule has 0 heterocycles. The summed E-state index contributed by atoms with van der Waals surface area (Å²) >= 11 is 0. The lowest BCUT2D eigenvalue weighted by Gasteiger charge is -2.43. The van der Waals surface area contributed by atoms with E-state index in [2.05, 4.69) is 13.0 Å². The van der Waals surface area contributed by atoms with Crippen LogP contribution in [-0.2, 0) is 4.74 Å². The maximum atomic E-state index is 10.3. The minimum absolute atomic E-state index is 0.231. The first kappa shape index (κ1) is 12.5. The zero-order valence-corrected chi connectivity index (χ0v) is 9.92.